The van der Waals surface area contributed by atoms with E-state index >= 15 is 0 Å². The fourth-order valence-electron chi connectivity index (χ4n) is 4.49. The van der Waals surface area contributed by atoms with Gasteiger partial charge in [-0.3, -0.25) is 14.3 Å². The van der Waals surface area contributed by atoms with Crippen molar-refractivity contribution in [1.82, 2.24) is 30.0 Å². The molecule has 4 bridgehead atoms. The summed E-state index contributed by atoms with van der Waals surface area (Å²) in [4.78, 5) is 37.3. The molecule has 5 rings (SSSR count). The van der Waals surface area contributed by atoms with E-state index in [1.54, 1.807) is 22.3 Å². The van der Waals surface area contributed by atoms with Crippen LogP contribution in [0, 0.1) is 5.92 Å². The molecule has 3 aromatic heterocycles. The van der Waals surface area contributed by atoms with E-state index in [0.717, 1.165) is 37.9 Å². The second kappa shape index (κ2) is 11.8. The Morgan fingerprint density at radius 3 is 2.89 bits per heavy atom. The highest BCUT2D eigenvalue weighted by Crippen LogP contribution is 2.27. The number of aromatic nitrogens is 4. The molecular formula is C25H31N7O4S. The van der Waals surface area contributed by atoms with E-state index in [2.05, 4.69) is 37.6 Å². The lowest BCUT2D eigenvalue weighted by Gasteiger charge is -2.28. The highest BCUT2D eigenvalue weighted by Gasteiger charge is 2.23. The quantitative estimate of drug-likeness (QED) is 0.535. The van der Waals surface area contributed by atoms with Crippen LogP contribution in [-0.4, -0.2) is 83.0 Å². The summed E-state index contributed by atoms with van der Waals surface area (Å²) < 4.78 is 13.0. The average Bonchev–Trinajstić information content (AvgIpc) is 3.55. The maximum Gasteiger partial charge on any atom is 0.275 e. The summed E-state index contributed by atoms with van der Waals surface area (Å²) in [6.45, 7) is 4.10. The molecule has 2 aliphatic rings. The van der Waals surface area contributed by atoms with Crippen LogP contribution >= 0.6 is 11.3 Å². The van der Waals surface area contributed by atoms with Crippen molar-refractivity contribution >= 4 is 28.8 Å². The highest BCUT2D eigenvalue weighted by molar-refractivity contribution is 7.13. The zero-order valence-electron chi connectivity index (χ0n) is 20.8. The summed E-state index contributed by atoms with van der Waals surface area (Å²) in [5.74, 6) is 0.330. The van der Waals surface area contributed by atoms with Gasteiger partial charge in [0, 0.05) is 36.3 Å². The third kappa shape index (κ3) is 6.32. The van der Waals surface area contributed by atoms with Crippen LogP contribution < -0.4 is 15.4 Å². The molecule has 37 heavy (non-hydrogen) atoms. The second-order valence-corrected chi connectivity index (χ2v) is 10.1. The number of piperidine rings is 1. The Bertz CT molecular complexity index is 1240. The van der Waals surface area contributed by atoms with Crippen LogP contribution in [0.1, 0.15) is 40.2 Å². The Labute approximate surface area is 219 Å². The largest absolute Gasteiger partial charge is 0.475 e. The van der Waals surface area contributed by atoms with Crippen molar-refractivity contribution < 1.29 is 19.1 Å². The summed E-state index contributed by atoms with van der Waals surface area (Å²) in [5.41, 5.74) is 1.76. The summed E-state index contributed by atoms with van der Waals surface area (Å²) in [7, 11) is 2.14. The third-order valence-electron chi connectivity index (χ3n) is 6.62. The molecule has 0 atom stereocenters. The number of ether oxygens (including phenoxy) is 2. The van der Waals surface area contributed by atoms with Gasteiger partial charge in [0.15, 0.2) is 0 Å². The van der Waals surface area contributed by atoms with Crippen molar-refractivity contribution in [2.24, 2.45) is 5.92 Å². The Morgan fingerprint density at radius 2 is 2.03 bits per heavy atom. The monoisotopic (exact) mass is 525 g/mol. The summed E-state index contributed by atoms with van der Waals surface area (Å²) in [6.07, 6.45) is 6.38. The van der Waals surface area contributed by atoms with E-state index in [9.17, 15) is 9.59 Å². The van der Waals surface area contributed by atoms with Crippen LogP contribution in [0.15, 0.2) is 29.9 Å². The third-order valence-corrected chi connectivity index (χ3v) is 7.51. The van der Waals surface area contributed by atoms with Gasteiger partial charge in [-0.15, -0.1) is 11.3 Å². The van der Waals surface area contributed by atoms with Crippen LogP contribution in [0.3, 0.4) is 0 Å². The van der Waals surface area contributed by atoms with Gasteiger partial charge in [-0.25, -0.2) is 9.97 Å². The zero-order chi connectivity index (χ0) is 25.6. The second-order valence-electron chi connectivity index (χ2n) is 9.26. The first-order valence-electron chi connectivity index (χ1n) is 12.5. The Balaban J connectivity index is 1.37. The maximum atomic E-state index is 13.2. The summed E-state index contributed by atoms with van der Waals surface area (Å²) in [6, 6.07) is 3.61. The number of nitrogens with one attached hydrogen (secondary N) is 2. The first-order chi connectivity index (χ1) is 18.1. The van der Waals surface area contributed by atoms with Crippen molar-refractivity contribution in [3.8, 4) is 16.5 Å². The van der Waals surface area contributed by atoms with Gasteiger partial charge < -0.3 is 25.0 Å². The highest BCUT2D eigenvalue weighted by atomic mass is 32.1. The Kier molecular flexibility index (Phi) is 8.07. The number of likely N-dealkylation sites (tertiary alicyclic amines) is 1. The normalized spacial score (nSPS) is 18.2. The number of nitrogens with zero attached hydrogens (tertiary/aromatic N) is 5. The van der Waals surface area contributed by atoms with E-state index in [4.69, 9.17) is 9.47 Å². The summed E-state index contributed by atoms with van der Waals surface area (Å²) in [5, 5.41) is 12.6. The number of pyridine rings is 1. The van der Waals surface area contributed by atoms with Gasteiger partial charge in [-0.2, -0.15) is 5.10 Å². The topological polar surface area (TPSA) is 124 Å². The van der Waals surface area contributed by atoms with Crippen molar-refractivity contribution in [3.05, 3.63) is 41.3 Å². The first kappa shape index (κ1) is 25.3. The molecule has 196 valence electrons. The van der Waals surface area contributed by atoms with Crippen LogP contribution in [-0.2, 0) is 11.3 Å². The van der Waals surface area contributed by atoms with Gasteiger partial charge in [-0.05, 0) is 51.4 Å². The first-order valence-corrected chi connectivity index (χ1v) is 13.4. The number of thiazole rings is 1. The molecule has 0 aromatic carbocycles. The number of anilines is 1. The van der Waals surface area contributed by atoms with Gasteiger partial charge in [0.05, 0.1) is 25.1 Å². The minimum absolute atomic E-state index is 0.263. The van der Waals surface area contributed by atoms with Crippen molar-refractivity contribution in [3.63, 3.8) is 0 Å². The minimum atomic E-state index is -0.401. The number of carbonyl (C=O) groups excluding carboxylic acids is 2. The predicted molar refractivity (Wildman–Crippen MR) is 139 cm³/mol. The number of amides is 2. The molecule has 0 aliphatic carbocycles. The van der Waals surface area contributed by atoms with Crippen molar-refractivity contribution in [2.75, 3.05) is 51.8 Å². The maximum absolute atomic E-state index is 13.2. The predicted octanol–water partition coefficient (Wildman–Crippen LogP) is 2.52. The number of rotatable bonds is 3. The van der Waals surface area contributed by atoms with Crippen molar-refractivity contribution in [1.29, 1.82) is 0 Å². The number of hydrogen-bond donors (Lipinski definition) is 2. The smallest absolute Gasteiger partial charge is 0.275 e. The number of hydrogen-bond acceptors (Lipinski definition) is 9. The van der Waals surface area contributed by atoms with E-state index in [1.807, 2.05) is 6.07 Å². The lowest BCUT2D eigenvalue weighted by atomic mass is 9.94. The Morgan fingerprint density at radius 1 is 1.16 bits per heavy atom. The molecule has 1 saturated heterocycles. The van der Waals surface area contributed by atoms with Crippen LogP contribution in [0.25, 0.3) is 10.6 Å². The molecule has 11 nitrogen and oxygen atoms in total. The fourth-order valence-corrected chi connectivity index (χ4v) is 5.28. The molecule has 2 amide bonds. The molecule has 1 fully saturated rings. The van der Waals surface area contributed by atoms with Gasteiger partial charge in [0.2, 0.25) is 5.88 Å². The lowest BCUT2D eigenvalue weighted by Crippen LogP contribution is -2.32. The van der Waals surface area contributed by atoms with Gasteiger partial charge >= 0.3 is 0 Å². The Hall–Kier alpha value is -3.35. The van der Waals surface area contributed by atoms with E-state index in [1.165, 1.54) is 17.5 Å². The summed E-state index contributed by atoms with van der Waals surface area (Å²) >= 11 is 1.35. The number of carbonyl (C=O) groups is 2. The van der Waals surface area contributed by atoms with E-state index < -0.39 is 5.91 Å². The van der Waals surface area contributed by atoms with E-state index in [-0.39, 0.29) is 11.6 Å². The van der Waals surface area contributed by atoms with Crippen LogP contribution in [0.5, 0.6) is 5.88 Å². The van der Waals surface area contributed by atoms with Crippen LogP contribution in [0.4, 0.5) is 5.69 Å². The molecule has 2 N–H and O–H groups in total. The van der Waals surface area contributed by atoms with E-state index in [0.29, 0.717) is 61.1 Å². The molecular weight excluding hydrogens is 494 g/mol. The molecule has 2 aliphatic heterocycles. The SMILES string of the molecule is CN1CCC(CCn2ncc3c2C(=O)NCCOCCOc2cc(ccn2)-c2nc(cs2)C(=O)N3)CC1. The molecule has 0 saturated carbocycles. The molecule has 0 spiro atoms. The molecule has 5 heterocycles. The standard InChI is InChI=1S/C25H31N7O4S/c1-31-8-3-17(4-9-31)5-10-32-22-19(15-28-32)29-23(33)20-16-37-25(30-20)18-2-6-26-21(14-18)36-13-12-35-11-7-27-24(22)34/h2,6,14-17H,3-5,7-13H2,1H3,(H,27,34)(H,29,33). The number of aryl methyl sites for hydroxylation is 1. The molecule has 0 unspecified atom stereocenters. The average molecular weight is 526 g/mol. The fraction of sp³-hybridized carbons (Fsp3) is 0.480. The molecule has 12 heteroatoms. The van der Waals surface area contributed by atoms with Crippen molar-refractivity contribution in [2.45, 2.75) is 25.8 Å². The van der Waals surface area contributed by atoms with Gasteiger partial charge in [0.25, 0.3) is 11.8 Å². The zero-order valence-corrected chi connectivity index (χ0v) is 21.6. The molecule has 0 radical (unpaired) electrons. The number of fused-ring (bicyclic) bond motifs is 6. The van der Waals surface area contributed by atoms with Crippen LogP contribution in [0.2, 0.25) is 0 Å². The lowest BCUT2D eigenvalue weighted by molar-refractivity contribution is 0.0854. The van der Waals surface area contributed by atoms with Gasteiger partial charge in [-0.1, -0.05) is 0 Å². The minimum Gasteiger partial charge on any atom is -0.475 e. The molecule has 3 aromatic rings. The van der Waals surface area contributed by atoms with Gasteiger partial charge in [0.1, 0.15) is 23.0 Å².